The van der Waals surface area contributed by atoms with Crippen molar-refractivity contribution in [1.82, 2.24) is 13.7 Å². The maximum Gasteiger partial charge on any atom is 0.0667 e. The van der Waals surface area contributed by atoms with Crippen molar-refractivity contribution in [2.75, 3.05) is 0 Å². The molecule has 3 heterocycles. The Bertz CT molecular complexity index is 4320. The Balaban J connectivity index is 1.43. The first-order valence-electron chi connectivity index (χ1n) is 26.8. The van der Waals surface area contributed by atoms with E-state index in [0.29, 0.717) is 11.1 Å². The van der Waals surface area contributed by atoms with E-state index in [4.69, 9.17) is 17.8 Å². The molecule has 0 fully saturated rings. The highest BCUT2D eigenvalue weighted by molar-refractivity contribution is 6.13. The maximum absolute atomic E-state index is 10.3. The first kappa shape index (κ1) is 14.2. The summed E-state index contributed by atoms with van der Waals surface area (Å²) in [6.07, 6.45) is 0. The zero-order valence-electron chi connectivity index (χ0n) is 48.0. The Morgan fingerprint density at radius 1 is 0.333 bits per heavy atom. The van der Waals surface area contributed by atoms with Crippen LogP contribution in [0.4, 0.5) is 0 Å². The SMILES string of the molecule is [2H]c1c([2H])c([2H])c2c(c1[2H])c1c([2H])c([2H])c(-n3c4c([2H])c([2H])c([2H])c([2H])c4c4c([2H])c([2H])c(-n5c6c([2H])c([2H])c([2H])c([2H])c6c6c([2H])c([2H])c([2H])c([2H])c65)c([2H])c43)c([2H])c1n2-c1ccccc1-c1ccccc1. The van der Waals surface area contributed by atoms with Crippen molar-refractivity contribution >= 4 is 65.4 Å². The minimum absolute atomic E-state index is 0.177. The van der Waals surface area contributed by atoms with Gasteiger partial charge in [-0.25, -0.2) is 0 Å². The summed E-state index contributed by atoms with van der Waals surface area (Å²) in [6, 6.07) is -1.11. The Morgan fingerprint density at radius 3 is 1.25 bits per heavy atom. The van der Waals surface area contributed by atoms with Gasteiger partial charge in [0.25, 0.3) is 0 Å². The van der Waals surface area contributed by atoms with Gasteiger partial charge in [-0.3, -0.25) is 0 Å². The van der Waals surface area contributed by atoms with Crippen LogP contribution in [-0.2, 0) is 0 Å². The van der Waals surface area contributed by atoms with Crippen LogP contribution in [0.3, 0.4) is 0 Å². The molecule has 0 saturated carbocycles. The quantitative estimate of drug-likeness (QED) is 0.177. The first-order valence-corrected chi connectivity index (χ1v) is 15.8. The van der Waals surface area contributed by atoms with Crippen LogP contribution in [0.1, 0.15) is 30.2 Å². The number of para-hydroxylation sites is 5. The van der Waals surface area contributed by atoms with Crippen LogP contribution >= 0.6 is 0 Å². The van der Waals surface area contributed by atoms with E-state index >= 15 is 0 Å². The molecule has 51 heavy (non-hydrogen) atoms. The van der Waals surface area contributed by atoms with Gasteiger partial charge in [-0.15, -0.1) is 0 Å². The fourth-order valence-corrected chi connectivity index (χ4v) is 6.87. The third-order valence-corrected chi connectivity index (χ3v) is 9.00. The van der Waals surface area contributed by atoms with Crippen LogP contribution in [0.5, 0.6) is 0 Å². The first-order chi connectivity index (χ1) is 34.5. The highest BCUT2D eigenvalue weighted by Gasteiger charge is 2.19. The number of aromatic nitrogens is 3. The fourth-order valence-electron chi connectivity index (χ4n) is 6.87. The molecule has 0 aliphatic carbocycles. The lowest BCUT2D eigenvalue weighted by Crippen LogP contribution is -1.99. The summed E-state index contributed by atoms with van der Waals surface area (Å²) in [4.78, 5) is 0. The molecule has 0 N–H and O–H groups in total. The molecule has 8 aromatic carbocycles. The van der Waals surface area contributed by atoms with Gasteiger partial charge in [0.1, 0.15) is 0 Å². The Labute approximate surface area is 325 Å². The summed E-state index contributed by atoms with van der Waals surface area (Å²) in [5.41, 5.74) is -2.52. The second-order valence-corrected chi connectivity index (χ2v) is 11.7. The van der Waals surface area contributed by atoms with Gasteiger partial charge in [0, 0.05) is 49.3 Å². The second kappa shape index (κ2) is 10.8. The number of fused-ring (bicyclic) bond motifs is 9. The number of hydrogen-bond donors (Lipinski definition) is 0. The zero-order chi connectivity index (χ0) is 52.6. The highest BCUT2D eigenvalue weighted by Crippen LogP contribution is 2.40. The van der Waals surface area contributed by atoms with Crippen LogP contribution in [-0.4, -0.2) is 13.7 Å². The van der Waals surface area contributed by atoms with Crippen molar-refractivity contribution in [3.8, 4) is 28.2 Å². The van der Waals surface area contributed by atoms with Gasteiger partial charge in [0.2, 0.25) is 0 Å². The van der Waals surface area contributed by atoms with E-state index in [9.17, 15) is 12.3 Å². The van der Waals surface area contributed by atoms with Crippen LogP contribution in [0.15, 0.2) is 188 Å². The van der Waals surface area contributed by atoms with Crippen molar-refractivity contribution in [3.05, 3.63) is 188 Å². The molecule has 3 heteroatoms. The van der Waals surface area contributed by atoms with Gasteiger partial charge in [0.15, 0.2) is 0 Å². The standard InChI is InChI=1S/C48H31N3/c1-2-14-32(15-3-1)35-16-4-9-21-42(35)51-46-25-13-8-20-39(46)41-29-27-34(31-48(41)51)50-45-24-12-7-19-38(45)40-28-26-33(30-47(40)50)49-43-22-10-5-17-36(43)37-18-6-11-23-44(37)49/h1-31H/i5D,6D,7D,8D,10D,11D,12D,13D,17D,18D,19D,20D,22D,23D,24D,25D,26D,27D,28D,29D,30D,31D. The monoisotopic (exact) mass is 671 g/mol. The predicted octanol–water partition coefficient (Wildman–Crippen LogP) is 12.6. The lowest BCUT2D eigenvalue weighted by molar-refractivity contribution is 1.15. The molecule has 0 radical (unpaired) electrons. The van der Waals surface area contributed by atoms with Crippen LogP contribution in [0, 0.1) is 0 Å². The van der Waals surface area contributed by atoms with Crippen molar-refractivity contribution < 1.29 is 30.2 Å². The summed E-state index contributed by atoms with van der Waals surface area (Å²) in [7, 11) is 0. The molecule has 0 aliphatic rings. The van der Waals surface area contributed by atoms with Gasteiger partial charge >= 0.3 is 0 Å². The molecule has 3 aromatic heterocycles. The van der Waals surface area contributed by atoms with Crippen molar-refractivity contribution in [2.24, 2.45) is 0 Å². The maximum atomic E-state index is 10.3. The topological polar surface area (TPSA) is 14.8 Å². The third-order valence-electron chi connectivity index (χ3n) is 9.00. The van der Waals surface area contributed by atoms with E-state index < -0.39 is 188 Å². The molecule has 0 aliphatic heterocycles. The van der Waals surface area contributed by atoms with Crippen LogP contribution in [0.2, 0.25) is 0 Å². The predicted molar refractivity (Wildman–Crippen MR) is 215 cm³/mol. The molecule has 0 spiro atoms. The normalized spacial score (nSPS) is 18.0. The van der Waals surface area contributed by atoms with E-state index in [0.717, 1.165) is 9.13 Å². The highest BCUT2D eigenvalue weighted by atomic mass is 15.0. The van der Waals surface area contributed by atoms with Crippen molar-refractivity contribution in [3.63, 3.8) is 0 Å². The Kier molecular flexibility index (Phi) is 3.01. The van der Waals surface area contributed by atoms with Crippen molar-refractivity contribution in [2.45, 2.75) is 0 Å². The van der Waals surface area contributed by atoms with E-state index in [1.54, 1.807) is 54.6 Å². The second-order valence-electron chi connectivity index (χ2n) is 11.7. The minimum Gasteiger partial charge on any atom is -0.309 e. The fraction of sp³-hybridized carbons (Fsp3) is 0. The van der Waals surface area contributed by atoms with Gasteiger partial charge in [0.05, 0.1) is 68.9 Å². The smallest absolute Gasteiger partial charge is 0.0667 e. The van der Waals surface area contributed by atoms with E-state index in [1.165, 1.54) is 4.57 Å². The average Bonchev–Trinajstić information content (AvgIpc) is 4.05. The summed E-state index contributed by atoms with van der Waals surface area (Å²) >= 11 is 0. The number of benzene rings is 8. The van der Waals surface area contributed by atoms with Gasteiger partial charge in [-0.2, -0.15) is 0 Å². The summed E-state index contributed by atoms with van der Waals surface area (Å²) < 4.78 is 205. The summed E-state index contributed by atoms with van der Waals surface area (Å²) in [5.74, 6) is 0. The lowest BCUT2D eigenvalue weighted by Gasteiger charge is -2.15. The lowest BCUT2D eigenvalue weighted by atomic mass is 10.0. The van der Waals surface area contributed by atoms with Crippen LogP contribution in [0.25, 0.3) is 93.6 Å². The molecule has 0 atom stereocenters. The zero-order valence-corrected chi connectivity index (χ0v) is 26.0. The largest absolute Gasteiger partial charge is 0.309 e. The van der Waals surface area contributed by atoms with Gasteiger partial charge in [-0.05, 0) is 60.0 Å². The van der Waals surface area contributed by atoms with Gasteiger partial charge in [-0.1, -0.05) is 133 Å². The summed E-state index contributed by atoms with van der Waals surface area (Å²) in [5, 5.41) is -2.25. The Hall–Kier alpha value is -6.84. The molecule has 0 amide bonds. The molecule has 0 unspecified atom stereocenters. The number of rotatable bonds is 4. The number of hydrogen-bond acceptors (Lipinski definition) is 0. The Morgan fingerprint density at radius 2 is 0.725 bits per heavy atom. The molecule has 238 valence electrons. The average molecular weight is 672 g/mol. The summed E-state index contributed by atoms with van der Waals surface area (Å²) in [6.45, 7) is 0. The van der Waals surface area contributed by atoms with E-state index in [1.807, 2.05) is 0 Å². The van der Waals surface area contributed by atoms with Crippen molar-refractivity contribution in [1.29, 1.82) is 0 Å². The molecule has 0 bridgehead atoms. The molecule has 3 nitrogen and oxygen atoms in total. The molecular weight excluding hydrogens is 619 g/mol. The van der Waals surface area contributed by atoms with Gasteiger partial charge < -0.3 is 13.7 Å². The molecular formula is C48H31N3. The number of nitrogens with zero attached hydrogens (tertiary/aromatic N) is 3. The van der Waals surface area contributed by atoms with E-state index in [2.05, 4.69) is 0 Å². The molecule has 11 aromatic rings. The molecule has 11 rings (SSSR count). The molecule has 0 saturated heterocycles. The van der Waals surface area contributed by atoms with E-state index in [-0.39, 0.29) is 27.5 Å². The van der Waals surface area contributed by atoms with Crippen LogP contribution < -0.4 is 0 Å². The minimum atomic E-state index is -0.891. The third kappa shape index (κ3) is 4.06.